The van der Waals surface area contributed by atoms with Crippen molar-refractivity contribution in [1.82, 2.24) is 34.8 Å². The fraction of sp³-hybridized carbons (Fsp3) is 0.579. The van der Waals surface area contributed by atoms with E-state index in [1.807, 2.05) is 6.07 Å². The fourth-order valence-corrected chi connectivity index (χ4v) is 19.6. The monoisotopic (exact) mass is 1870 g/mol. The highest BCUT2D eigenvalue weighted by atomic mass is 32.2. The molecule has 6 atom stereocenters. The Morgan fingerprint density at radius 2 is 0.631 bits per heavy atom. The van der Waals surface area contributed by atoms with Crippen LogP contribution in [-0.2, 0) is 111 Å². The maximum atomic E-state index is 13.1. The van der Waals surface area contributed by atoms with E-state index in [1.54, 1.807) is 86.6 Å². The first-order valence-corrected chi connectivity index (χ1v) is 50.3. The summed E-state index contributed by atoms with van der Waals surface area (Å²) >= 11 is 0. The molecule has 32 nitrogen and oxygen atoms in total. The van der Waals surface area contributed by atoms with Gasteiger partial charge in [0.25, 0.3) is 0 Å². The number of carboxylic acids is 2. The lowest BCUT2D eigenvalue weighted by Crippen LogP contribution is -2.49. The van der Waals surface area contributed by atoms with Crippen LogP contribution >= 0.6 is 0 Å². The number of amides is 2. The number of hydrogen-bond donors (Lipinski definition) is 7. The van der Waals surface area contributed by atoms with Crippen LogP contribution in [-0.4, -0.2) is 289 Å². The normalized spacial score (nSPS) is 19.0. The number of likely N-dealkylation sites (tertiary alicyclic amines) is 3. The molecular weight excluding hydrogens is 1730 g/mol. The summed E-state index contributed by atoms with van der Waals surface area (Å²) in [5.74, 6) is -1.60. The van der Waals surface area contributed by atoms with Crippen molar-refractivity contribution >= 4 is 53.6 Å². The first-order chi connectivity index (χ1) is 62.8. The van der Waals surface area contributed by atoms with Gasteiger partial charge < -0.3 is 83.4 Å². The summed E-state index contributed by atoms with van der Waals surface area (Å²) in [6.45, 7) is 18.9. The third-order valence-electron chi connectivity index (χ3n) is 23.8. The van der Waals surface area contributed by atoms with Crippen LogP contribution in [0.25, 0.3) is 0 Å². The first-order valence-electron chi connectivity index (χ1n) is 45.7. The summed E-state index contributed by atoms with van der Waals surface area (Å²) in [6, 6.07) is 46.2. The Morgan fingerprint density at radius 3 is 0.931 bits per heavy atom. The number of piperidine rings is 3. The van der Waals surface area contributed by atoms with Crippen LogP contribution in [0.3, 0.4) is 0 Å². The van der Waals surface area contributed by atoms with Gasteiger partial charge in [0.05, 0.1) is 151 Å². The molecular formula is C95H136N8O24S3. The van der Waals surface area contributed by atoms with Gasteiger partial charge in [-0.05, 0) is 237 Å². The molecule has 0 unspecified atom stereocenters. The Hall–Kier alpha value is -8.15. The van der Waals surface area contributed by atoms with Gasteiger partial charge in [-0.3, -0.25) is 33.9 Å². The van der Waals surface area contributed by atoms with E-state index in [2.05, 4.69) is 102 Å². The summed E-state index contributed by atoms with van der Waals surface area (Å²) in [5, 5.41) is 21.9. The van der Waals surface area contributed by atoms with Crippen LogP contribution in [0.2, 0.25) is 0 Å². The highest BCUT2D eigenvalue weighted by Crippen LogP contribution is 2.43. The number of sulfone groups is 1. The van der Waals surface area contributed by atoms with Gasteiger partial charge in [-0.15, -0.1) is 0 Å². The Labute approximate surface area is 767 Å². The molecule has 12 rings (SSSR count). The van der Waals surface area contributed by atoms with E-state index in [-0.39, 0.29) is 123 Å². The number of aliphatic carboxylic acids is 2. The minimum atomic E-state index is -3.75. The second-order valence-corrected chi connectivity index (χ2v) is 39.5. The highest BCUT2D eigenvalue weighted by Gasteiger charge is 2.43. The number of carbonyl (C=O) groups excluding carboxylic acids is 2. The highest BCUT2D eigenvalue weighted by molar-refractivity contribution is 7.91. The molecule has 0 spiro atoms. The van der Waals surface area contributed by atoms with Gasteiger partial charge in [0.15, 0.2) is 15.3 Å². The predicted octanol–water partition coefficient (Wildman–Crippen LogP) is 8.93. The molecule has 6 aromatic carbocycles. The number of carbonyl (C=O) groups is 4. The molecule has 35 heteroatoms. The molecule has 0 saturated carbocycles. The molecule has 3 aliphatic carbocycles. The van der Waals surface area contributed by atoms with E-state index < -0.39 is 64.5 Å². The molecule has 6 aliphatic rings. The van der Waals surface area contributed by atoms with Gasteiger partial charge in [0.2, 0.25) is 31.9 Å². The zero-order valence-electron chi connectivity index (χ0n) is 75.7. The average Bonchev–Trinajstić information content (AvgIpc) is 1.64. The van der Waals surface area contributed by atoms with Gasteiger partial charge in [0.1, 0.15) is 41.0 Å². The average molecular weight is 1870 g/mol. The van der Waals surface area contributed by atoms with Crippen molar-refractivity contribution in [3.63, 3.8) is 0 Å². The second-order valence-electron chi connectivity index (χ2n) is 33.9. The van der Waals surface area contributed by atoms with E-state index in [0.29, 0.717) is 109 Å². The number of carboxylic acid groups (broad SMARTS) is 2. The minimum absolute atomic E-state index is 0.0358. The molecule has 718 valence electrons. The van der Waals surface area contributed by atoms with Crippen molar-refractivity contribution in [3.8, 4) is 17.2 Å². The lowest BCUT2D eigenvalue weighted by molar-refractivity contribution is -0.161. The molecule has 3 saturated heterocycles. The summed E-state index contributed by atoms with van der Waals surface area (Å²) in [5.41, 5.74) is 9.95. The number of benzene rings is 6. The third-order valence-corrected chi connectivity index (χ3v) is 28.6. The number of sulfonamides is 2. The topological polar surface area (TPSA) is 406 Å². The molecule has 8 N–H and O–H groups in total. The van der Waals surface area contributed by atoms with Gasteiger partial charge in [-0.2, -0.15) is 0 Å². The van der Waals surface area contributed by atoms with Crippen molar-refractivity contribution in [2.45, 2.75) is 162 Å². The standard InChI is InChI=1S/C62H87N5O14S2.C28H41N3O6S.C5H8O4/c1-62(2,60(68)63-26-34-75-38-42-78-41-37-74-33-13-45-82(70,71)52-22-18-50(19-23-52)80-58-54-16-7-5-14-48(54)46-56(58)66-29-9-3-10-30-66)61(69)64-27-35-76-39-43-79-44-40-77-36-28-65-83(72,73)53-24-20-51(21-25-53)81-59-55-17-8-6-15-49(55)47-57(59)67-31-11-4-12-32-67;29-12-16-34-18-20-36-21-19-35-17-13-30-38(32,33)25-10-8-24(9-11-25)37-28-26-7-3-2-6-23(26)22-27(28)31-14-4-1-5-15-31;1-5(2,3(6)7)4(8)9/h5-8,14-25,56-59,65H,3-4,9-13,26-47H2,1-2H3,(H,63,68)(H,64,69);2-3,6-11,27-28,30H,1,4-5,12-22,29H2;1-2H3,(H,6,7)(H,8,9)/t56-,57-,58-,59-;27-,28-;/m00./s1. The van der Waals surface area contributed by atoms with E-state index in [4.69, 9.17) is 72.8 Å². The Morgan fingerprint density at radius 1 is 0.354 bits per heavy atom. The number of nitrogens with zero attached hydrogens (tertiary/aromatic N) is 3. The molecule has 6 aromatic rings. The molecule has 130 heavy (non-hydrogen) atoms. The summed E-state index contributed by atoms with van der Waals surface area (Å²) < 4.78 is 152. The Kier molecular flexibility index (Phi) is 42.9. The maximum Gasteiger partial charge on any atom is 0.320 e. The molecule has 3 fully saturated rings. The van der Waals surface area contributed by atoms with Gasteiger partial charge in [-0.1, -0.05) is 92.1 Å². The van der Waals surface area contributed by atoms with Crippen molar-refractivity contribution in [3.05, 3.63) is 179 Å². The lowest BCUT2D eigenvalue weighted by atomic mass is 9.91. The van der Waals surface area contributed by atoms with E-state index in [9.17, 15) is 44.4 Å². The largest absolute Gasteiger partial charge is 0.484 e. The van der Waals surface area contributed by atoms with Gasteiger partial charge in [0, 0.05) is 39.3 Å². The summed E-state index contributed by atoms with van der Waals surface area (Å²) in [4.78, 5) is 54.1. The number of rotatable bonds is 54. The van der Waals surface area contributed by atoms with Crippen molar-refractivity contribution in [2.75, 3.05) is 197 Å². The van der Waals surface area contributed by atoms with Crippen LogP contribution < -0.4 is 40.0 Å². The molecule has 2 amide bonds. The maximum absolute atomic E-state index is 13.1. The van der Waals surface area contributed by atoms with E-state index >= 15 is 0 Å². The van der Waals surface area contributed by atoms with E-state index in [0.717, 1.165) is 72.4 Å². The van der Waals surface area contributed by atoms with Crippen LogP contribution in [0.15, 0.2) is 160 Å². The van der Waals surface area contributed by atoms with E-state index in [1.165, 1.54) is 91.2 Å². The number of nitrogens with one attached hydrogen (secondary N) is 4. The first kappa shape index (κ1) is 104. The molecule has 0 aromatic heterocycles. The molecule has 0 bridgehead atoms. The third kappa shape index (κ3) is 32.3. The van der Waals surface area contributed by atoms with Crippen LogP contribution in [0.5, 0.6) is 17.2 Å². The molecule has 0 radical (unpaired) electrons. The number of nitrogens with two attached hydrogens (primary N) is 1. The smallest absolute Gasteiger partial charge is 0.320 e. The quantitative estimate of drug-likeness (QED) is 0.0138. The predicted molar refractivity (Wildman–Crippen MR) is 490 cm³/mol. The van der Waals surface area contributed by atoms with Crippen molar-refractivity contribution in [2.24, 2.45) is 16.6 Å². The second kappa shape index (κ2) is 53.7. The number of ether oxygens (including phenoxy) is 12. The molecule has 3 aliphatic heterocycles. The van der Waals surface area contributed by atoms with Crippen LogP contribution in [0, 0.1) is 10.8 Å². The molecule has 3 heterocycles. The zero-order chi connectivity index (χ0) is 92.6. The van der Waals surface area contributed by atoms with Crippen molar-refractivity contribution in [1.29, 1.82) is 0 Å². The SMILES string of the molecule is CC(C)(C(=O)NCCOCCOCCOCCCS(=O)(=O)c1ccc(O[C@H]2c3ccccc3C[C@@H]2N2CCCCC2)cc1)C(=O)NCCOCCOCCOCCNS(=O)(=O)c1ccc(O[C@H]2c3ccccc3C[C@@H]2N2CCCCC2)cc1.CC(C)(C(=O)O)C(=O)O.NCCOCCOCCOCCNS(=O)(=O)c1ccc(O[C@H]2c3ccccc3C[C@@H]2N2CCCCC2)cc1. The van der Waals surface area contributed by atoms with Gasteiger partial charge in [-0.25, -0.2) is 34.7 Å². The summed E-state index contributed by atoms with van der Waals surface area (Å²) in [6.07, 6.45) is 14.0. The van der Waals surface area contributed by atoms with Crippen LogP contribution in [0.1, 0.15) is 144 Å². The van der Waals surface area contributed by atoms with Crippen LogP contribution in [0.4, 0.5) is 0 Å². The zero-order valence-corrected chi connectivity index (χ0v) is 78.2. The number of fused-ring (bicyclic) bond motifs is 3. The Bertz CT molecular complexity index is 4560. The Balaban J connectivity index is 0.000000307. The number of hydrogen-bond acceptors (Lipinski definition) is 26. The van der Waals surface area contributed by atoms with Gasteiger partial charge >= 0.3 is 11.9 Å². The van der Waals surface area contributed by atoms with Crippen molar-refractivity contribution < 1.29 is 111 Å². The summed E-state index contributed by atoms with van der Waals surface area (Å²) in [7, 11) is -10.9. The minimum Gasteiger partial charge on any atom is -0.484 e. The fourth-order valence-electron chi connectivity index (χ4n) is 16.3. The lowest BCUT2D eigenvalue weighted by Gasteiger charge is -2.35.